The fourth-order valence-corrected chi connectivity index (χ4v) is 3.49. The summed E-state index contributed by atoms with van der Waals surface area (Å²) in [5.74, 6) is 0.878. The molecule has 0 radical (unpaired) electrons. The van der Waals surface area contributed by atoms with E-state index in [-0.39, 0.29) is 6.04 Å². The van der Waals surface area contributed by atoms with Crippen molar-refractivity contribution in [2.24, 2.45) is 5.73 Å². The third-order valence-electron chi connectivity index (χ3n) is 4.60. The normalized spacial score (nSPS) is 25.2. The second-order valence-corrected chi connectivity index (χ2v) is 6.56. The van der Waals surface area contributed by atoms with Gasteiger partial charge in [-0.25, -0.2) is 9.97 Å². The van der Waals surface area contributed by atoms with Crippen LogP contribution in [0, 0.1) is 0 Å². The van der Waals surface area contributed by atoms with Gasteiger partial charge in [-0.2, -0.15) is 0 Å². The van der Waals surface area contributed by atoms with Crippen molar-refractivity contribution >= 4 is 5.95 Å². The van der Waals surface area contributed by atoms with E-state index in [1.807, 2.05) is 19.3 Å². The van der Waals surface area contributed by atoms with Gasteiger partial charge in [-0.15, -0.1) is 0 Å². The van der Waals surface area contributed by atoms with E-state index >= 15 is 0 Å². The molecule has 0 spiro atoms. The second kappa shape index (κ2) is 6.71. The van der Waals surface area contributed by atoms with Crippen LogP contribution in [0.3, 0.4) is 0 Å². The van der Waals surface area contributed by atoms with Gasteiger partial charge in [0.15, 0.2) is 0 Å². The zero-order valence-electron chi connectivity index (χ0n) is 13.0. The first-order valence-electron chi connectivity index (χ1n) is 8.28. The van der Waals surface area contributed by atoms with Crippen LogP contribution in [0.1, 0.15) is 38.2 Å². The lowest BCUT2D eigenvalue weighted by Crippen LogP contribution is -2.41. The molecule has 2 aliphatic rings. The number of piperidine rings is 1. The maximum atomic E-state index is 5.81. The monoisotopic (exact) mass is 289 g/mol. The zero-order chi connectivity index (χ0) is 14.7. The molecule has 21 heavy (non-hydrogen) atoms. The lowest BCUT2D eigenvalue weighted by molar-refractivity contribution is 0.174. The highest BCUT2D eigenvalue weighted by atomic mass is 15.3. The molecule has 2 aliphatic heterocycles. The number of aromatic nitrogens is 2. The van der Waals surface area contributed by atoms with Crippen molar-refractivity contribution in [3.63, 3.8) is 0 Å². The van der Waals surface area contributed by atoms with Crippen molar-refractivity contribution in [2.75, 3.05) is 31.1 Å². The van der Waals surface area contributed by atoms with E-state index in [2.05, 4.69) is 19.8 Å². The highest BCUT2D eigenvalue weighted by Gasteiger charge is 2.29. The number of hydrogen-bond donors (Lipinski definition) is 1. The van der Waals surface area contributed by atoms with Crippen molar-refractivity contribution in [3.05, 3.63) is 18.0 Å². The van der Waals surface area contributed by atoms with E-state index in [1.54, 1.807) is 0 Å². The predicted molar refractivity (Wildman–Crippen MR) is 85.4 cm³/mol. The highest BCUT2D eigenvalue weighted by molar-refractivity contribution is 5.32. The Hall–Kier alpha value is -1.20. The predicted octanol–water partition coefficient (Wildman–Crippen LogP) is 1.43. The van der Waals surface area contributed by atoms with Crippen molar-refractivity contribution in [1.29, 1.82) is 0 Å². The minimum absolute atomic E-state index is 0.162. The summed E-state index contributed by atoms with van der Waals surface area (Å²) in [6.45, 7) is 6.71. The molecule has 1 aromatic rings. The largest absolute Gasteiger partial charge is 0.339 e. The first-order valence-corrected chi connectivity index (χ1v) is 8.28. The van der Waals surface area contributed by atoms with E-state index in [0.29, 0.717) is 6.04 Å². The molecule has 5 nitrogen and oxygen atoms in total. The highest BCUT2D eigenvalue weighted by Crippen LogP contribution is 2.22. The molecule has 2 N–H and O–H groups in total. The van der Waals surface area contributed by atoms with E-state index in [1.165, 1.54) is 38.8 Å². The Morgan fingerprint density at radius 3 is 2.57 bits per heavy atom. The summed E-state index contributed by atoms with van der Waals surface area (Å²) in [5, 5.41) is 0. The molecule has 3 heterocycles. The van der Waals surface area contributed by atoms with E-state index in [4.69, 9.17) is 5.73 Å². The van der Waals surface area contributed by atoms with Gasteiger partial charge >= 0.3 is 0 Å². The Morgan fingerprint density at radius 1 is 1.19 bits per heavy atom. The molecule has 2 atom stereocenters. The third-order valence-corrected chi connectivity index (χ3v) is 4.60. The van der Waals surface area contributed by atoms with E-state index in [9.17, 15) is 0 Å². The van der Waals surface area contributed by atoms with Crippen LogP contribution in [0.15, 0.2) is 12.4 Å². The zero-order valence-corrected chi connectivity index (χ0v) is 13.0. The van der Waals surface area contributed by atoms with Crippen molar-refractivity contribution in [2.45, 2.75) is 51.1 Å². The number of nitrogens with zero attached hydrogens (tertiary/aromatic N) is 4. The van der Waals surface area contributed by atoms with Gasteiger partial charge in [0.05, 0.1) is 0 Å². The van der Waals surface area contributed by atoms with Gasteiger partial charge in [0, 0.05) is 37.6 Å². The van der Waals surface area contributed by atoms with Crippen LogP contribution in [-0.2, 0) is 6.42 Å². The molecule has 116 valence electrons. The first kappa shape index (κ1) is 14.7. The van der Waals surface area contributed by atoms with Gasteiger partial charge in [-0.05, 0) is 51.3 Å². The van der Waals surface area contributed by atoms with Crippen molar-refractivity contribution in [3.8, 4) is 0 Å². The number of nitrogens with two attached hydrogens (primary N) is 1. The van der Waals surface area contributed by atoms with Gasteiger partial charge in [0.25, 0.3) is 0 Å². The van der Waals surface area contributed by atoms with E-state index < -0.39 is 0 Å². The molecule has 0 saturated carbocycles. The maximum absolute atomic E-state index is 5.81. The van der Waals surface area contributed by atoms with Crippen LogP contribution in [0.4, 0.5) is 5.95 Å². The molecule has 2 unspecified atom stereocenters. The average molecular weight is 289 g/mol. The SMILES string of the molecule is CC(N)Cc1cnc(N2CCC(N3CCCCC3)C2)nc1. The van der Waals surface area contributed by atoms with E-state index in [0.717, 1.165) is 31.0 Å². The average Bonchev–Trinajstić information content (AvgIpc) is 2.98. The van der Waals surface area contributed by atoms with Crippen LogP contribution in [0.5, 0.6) is 0 Å². The Kier molecular flexibility index (Phi) is 4.70. The lowest BCUT2D eigenvalue weighted by atomic mass is 10.1. The van der Waals surface area contributed by atoms with Crippen LogP contribution < -0.4 is 10.6 Å². The molecule has 5 heteroatoms. The van der Waals surface area contributed by atoms with Crippen LogP contribution >= 0.6 is 0 Å². The molecule has 0 amide bonds. The van der Waals surface area contributed by atoms with Gasteiger partial charge in [0.1, 0.15) is 0 Å². The minimum atomic E-state index is 0.162. The molecule has 2 fully saturated rings. The second-order valence-electron chi connectivity index (χ2n) is 6.56. The van der Waals surface area contributed by atoms with Gasteiger partial charge in [-0.1, -0.05) is 6.42 Å². The van der Waals surface area contributed by atoms with Gasteiger partial charge < -0.3 is 10.6 Å². The Balaban J connectivity index is 1.57. The number of likely N-dealkylation sites (tertiary alicyclic amines) is 1. The third kappa shape index (κ3) is 3.71. The molecule has 3 rings (SSSR count). The fourth-order valence-electron chi connectivity index (χ4n) is 3.49. The summed E-state index contributed by atoms with van der Waals surface area (Å²) in [5.41, 5.74) is 6.94. The summed E-state index contributed by atoms with van der Waals surface area (Å²) in [7, 11) is 0. The quantitative estimate of drug-likeness (QED) is 0.908. The number of rotatable bonds is 4. The summed E-state index contributed by atoms with van der Waals surface area (Å²) >= 11 is 0. The molecule has 0 aliphatic carbocycles. The van der Waals surface area contributed by atoms with Crippen LogP contribution in [0.2, 0.25) is 0 Å². The Morgan fingerprint density at radius 2 is 1.90 bits per heavy atom. The molecule has 0 aromatic carbocycles. The Labute approximate surface area is 127 Å². The molecule has 2 saturated heterocycles. The fraction of sp³-hybridized carbons (Fsp3) is 0.750. The lowest BCUT2D eigenvalue weighted by Gasteiger charge is -2.32. The molecular formula is C16H27N5. The summed E-state index contributed by atoms with van der Waals surface area (Å²) in [4.78, 5) is 14.1. The molecule has 0 bridgehead atoms. The summed E-state index contributed by atoms with van der Waals surface area (Å²) in [6, 6.07) is 0.854. The molecular weight excluding hydrogens is 262 g/mol. The van der Waals surface area contributed by atoms with Crippen LogP contribution in [-0.4, -0.2) is 53.1 Å². The Bertz CT molecular complexity index is 438. The number of hydrogen-bond acceptors (Lipinski definition) is 5. The molecule has 1 aromatic heterocycles. The summed E-state index contributed by atoms with van der Waals surface area (Å²) in [6.07, 6.45) is 10.1. The van der Waals surface area contributed by atoms with Crippen LogP contribution in [0.25, 0.3) is 0 Å². The van der Waals surface area contributed by atoms with Crippen molar-refractivity contribution in [1.82, 2.24) is 14.9 Å². The summed E-state index contributed by atoms with van der Waals surface area (Å²) < 4.78 is 0. The van der Waals surface area contributed by atoms with Gasteiger partial charge in [0.2, 0.25) is 5.95 Å². The topological polar surface area (TPSA) is 58.3 Å². The smallest absolute Gasteiger partial charge is 0.225 e. The minimum Gasteiger partial charge on any atom is -0.339 e. The standard InChI is InChI=1S/C16H27N5/c1-13(17)9-14-10-18-16(19-11-14)21-8-5-15(12-21)20-6-3-2-4-7-20/h10-11,13,15H,2-9,12,17H2,1H3. The van der Waals surface area contributed by atoms with Crippen molar-refractivity contribution < 1.29 is 0 Å². The number of anilines is 1. The maximum Gasteiger partial charge on any atom is 0.225 e. The first-order chi connectivity index (χ1) is 10.2. The van der Waals surface area contributed by atoms with Gasteiger partial charge in [-0.3, -0.25) is 4.90 Å².